The molecule has 0 saturated heterocycles. The highest BCUT2D eigenvalue weighted by atomic mass is 16.4. The molecule has 114 valence electrons. The van der Waals surface area contributed by atoms with Crippen LogP contribution in [0.4, 0.5) is 0 Å². The normalized spacial score (nSPS) is 65.0. The molecule has 6 aliphatic carbocycles. The van der Waals surface area contributed by atoms with Gasteiger partial charge in [-0.15, -0.1) is 0 Å². The van der Waals surface area contributed by atoms with Crippen molar-refractivity contribution >= 4 is 0 Å². The molecule has 2 nitrogen and oxygen atoms in total. The van der Waals surface area contributed by atoms with Crippen molar-refractivity contribution in [3.8, 4) is 0 Å². The number of allylic oxidation sites excluding steroid dienone is 6. The van der Waals surface area contributed by atoms with Gasteiger partial charge in [0.05, 0.1) is 0 Å². The van der Waals surface area contributed by atoms with E-state index in [1.54, 1.807) is 0 Å². The smallest absolute Gasteiger partial charge is 0.101 e. The Morgan fingerprint density at radius 1 is 0.591 bits per heavy atom. The van der Waals surface area contributed by atoms with Gasteiger partial charge < -0.3 is 10.2 Å². The second-order valence-corrected chi connectivity index (χ2v) is 8.49. The van der Waals surface area contributed by atoms with Gasteiger partial charge in [-0.1, -0.05) is 48.6 Å². The molecule has 0 bridgehead atoms. The molecule has 0 aromatic carbocycles. The van der Waals surface area contributed by atoms with E-state index >= 15 is 0 Å². The van der Waals surface area contributed by atoms with Crippen molar-refractivity contribution in [1.82, 2.24) is 0 Å². The molecule has 0 radical (unpaired) electrons. The zero-order valence-electron chi connectivity index (χ0n) is 12.5. The first-order chi connectivity index (χ1) is 10.6. The lowest BCUT2D eigenvalue weighted by atomic mass is 9.68. The Morgan fingerprint density at radius 2 is 1.00 bits per heavy atom. The monoisotopic (exact) mass is 294 g/mol. The van der Waals surface area contributed by atoms with Crippen molar-refractivity contribution in [2.24, 2.45) is 47.3 Å². The highest BCUT2D eigenvalue weighted by Crippen LogP contribution is 2.66. The molecule has 0 unspecified atom stereocenters. The van der Waals surface area contributed by atoms with E-state index in [4.69, 9.17) is 0 Å². The lowest BCUT2D eigenvalue weighted by Gasteiger charge is -2.45. The van der Waals surface area contributed by atoms with Gasteiger partial charge in [-0.2, -0.15) is 0 Å². The van der Waals surface area contributed by atoms with Crippen LogP contribution < -0.4 is 0 Å². The van der Waals surface area contributed by atoms with Crippen LogP contribution in [-0.2, 0) is 0 Å². The Labute approximate surface area is 130 Å². The zero-order valence-corrected chi connectivity index (χ0v) is 12.5. The van der Waals surface area contributed by atoms with E-state index in [2.05, 4.69) is 48.6 Å². The Morgan fingerprint density at radius 3 is 1.45 bits per heavy atom. The number of hydrogen-bond donors (Lipinski definition) is 2. The van der Waals surface area contributed by atoms with Gasteiger partial charge in [0.2, 0.25) is 0 Å². The predicted octanol–water partition coefficient (Wildman–Crippen LogP) is 2.46. The summed E-state index contributed by atoms with van der Waals surface area (Å²) in [6, 6.07) is 0. The third-order valence-electron chi connectivity index (χ3n) is 7.90. The minimum Gasteiger partial charge on any atom is -0.386 e. The molecule has 2 fully saturated rings. The molecule has 0 amide bonds. The summed E-state index contributed by atoms with van der Waals surface area (Å²) < 4.78 is 0. The highest BCUT2D eigenvalue weighted by Gasteiger charge is 2.70. The molecule has 6 rings (SSSR count). The summed E-state index contributed by atoms with van der Waals surface area (Å²) in [5.41, 5.74) is -1.92. The number of rotatable bonds is 1. The van der Waals surface area contributed by atoms with Crippen LogP contribution in [0.1, 0.15) is 12.8 Å². The van der Waals surface area contributed by atoms with Crippen molar-refractivity contribution in [2.45, 2.75) is 24.0 Å². The first-order valence-electron chi connectivity index (χ1n) is 8.80. The molecule has 0 aromatic rings. The van der Waals surface area contributed by atoms with E-state index in [0.717, 1.165) is 12.8 Å². The topological polar surface area (TPSA) is 40.5 Å². The highest BCUT2D eigenvalue weighted by molar-refractivity contribution is 5.37. The first-order valence-corrected chi connectivity index (χ1v) is 8.80. The van der Waals surface area contributed by atoms with Gasteiger partial charge in [-0.25, -0.2) is 0 Å². The van der Waals surface area contributed by atoms with Crippen molar-refractivity contribution in [3.05, 3.63) is 48.6 Å². The van der Waals surface area contributed by atoms with E-state index in [-0.39, 0.29) is 11.8 Å². The summed E-state index contributed by atoms with van der Waals surface area (Å²) in [6.45, 7) is 0. The molecule has 22 heavy (non-hydrogen) atoms. The standard InChI is InChI=1S/C20H22O2/c21-19(9-13-3-1-11-5-7-15(19)17(11)13)20(22)10-14-4-2-12-6-8-16(20)18(12)14/h1-8,11-18,21-22H,9-10H2/t11-,12-,13+,14+,15-,16-,17+,18+,19-,20+/m1/s1. The van der Waals surface area contributed by atoms with Gasteiger partial charge in [0.25, 0.3) is 0 Å². The van der Waals surface area contributed by atoms with Crippen LogP contribution in [0, 0.1) is 47.3 Å². The molecular weight excluding hydrogens is 272 g/mol. The largest absolute Gasteiger partial charge is 0.386 e. The molecule has 2 N–H and O–H groups in total. The second-order valence-electron chi connectivity index (χ2n) is 8.49. The summed E-state index contributed by atoms with van der Waals surface area (Å²) in [7, 11) is 0. The minimum absolute atomic E-state index is 0.123. The molecule has 2 saturated carbocycles. The quantitative estimate of drug-likeness (QED) is 0.729. The molecule has 10 atom stereocenters. The van der Waals surface area contributed by atoms with Crippen molar-refractivity contribution in [3.63, 3.8) is 0 Å². The van der Waals surface area contributed by atoms with Crippen LogP contribution in [-0.4, -0.2) is 21.4 Å². The van der Waals surface area contributed by atoms with Crippen LogP contribution in [0.3, 0.4) is 0 Å². The van der Waals surface area contributed by atoms with Crippen LogP contribution in [0.2, 0.25) is 0 Å². The lowest BCUT2D eigenvalue weighted by Crippen LogP contribution is -2.59. The number of hydrogen-bond acceptors (Lipinski definition) is 2. The predicted molar refractivity (Wildman–Crippen MR) is 83.6 cm³/mol. The average molecular weight is 294 g/mol. The van der Waals surface area contributed by atoms with Gasteiger partial charge in [0.15, 0.2) is 0 Å². The van der Waals surface area contributed by atoms with E-state index in [1.165, 1.54) is 0 Å². The molecule has 2 heteroatoms. The summed E-state index contributed by atoms with van der Waals surface area (Å²) in [6.07, 6.45) is 19.5. The third-order valence-corrected chi connectivity index (χ3v) is 7.90. The van der Waals surface area contributed by atoms with E-state index in [0.29, 0.717) is 35.5 Å². The van der Waals surface area contributed by atoms with Crippen molar-refractivity contribution in [1.29, 1.82) is 0 Å². The van der Waals surface area contributed by atoms with Crippen LogP contribution in [0.5, 0.6) is 0 Å². The maximum absolute atomic E-state index is 11.7. The molecular formula is C20H22O2. The summed E-state index contributed by atoms with van der Waals surface area (Å²) >= 11 is 0. The molecule has 0 aromatic heterocycles. The minimum atomic E-state index is -0.958. The fraction of sp³-hybridized carbons (Fsp3) is 0.600. The van der Waals surface area contributed by atoms with Gasteiger partial charge in [0.1, 0.15) is 11.2 Å². The lowest BCUT2D eigenvalue weighted by molar-refractivity contribution is -0.180. The summed E-state index contributed by atoms with van der Waals surface area (Å²) in [5, 5.41) is 23.4. The van der Waals surface area contributed by atoms with Crippen molar-refractivity contribution < 1.29 is 10.2 Å². The van der Waals surface area contributed by atoms with E-state index < -0.39 is 11.2 Å². The summed E-state index contributed by atoms with van der Waals surface area (Å²) in [5.74, 6) is 3.08. The van der Waals surface area contributed by atoms with Gasteiger partial charge in [-0.05, 0) is 48.3 Å². The molecule has 6 aliphatic rings. The summed E-state index contributed by atoms with van der Waals surface area (Å²) in [4.78, 5) is 0. The Kier molecular flexibility index (Phi) is 1.97. The maximum Gasteiger partial charge on any atom is 0.101 e. The molecule has 0 spiro atoms. The van der Waals surface area contributed by atoms with Gasteiger partial charge in [-0.3, -0.25) is 0 Å². The third kappa shape index (κ3) is 1.11. The Balaban J connectivity index is 1.47. The average Bonchev–Trinajstić information content (AvgIpc) is 3.24. The van der Waals surface area contributed by atoms with E-state index in [9.17, 15) is 10.2 Å². The Hall–Kier alpha value is -1.12. The second kappa shape index (κ2) is 3.52. The van der Waals surface area contributed by atoms with Gasteiger partial charge >= 0.3 is 0 Å². The SMILES string of the molecule is O[C@]1([C@]2(O)C[C@@H]3C=C[C@@H]4C=C[C@@H]2[C@@H]43)C[C@@H]2C=C[C@@H]3C=C[C@@H]1[C@@H]32. The van der Waals surface area contributed by atoms with Gasteiger partial charge in [0, 0.05) is 11.8 Å². The van der Waals surface area contributed by atoms with Crippen LogP contribution >= 0.6 is 0 Å². The van der Waals surface area contributed by atoms with Crippen molar-refractivity contribution in [2.75, 3.05) is 0 Å². The number of aliphatic hydroxyl groups is 2. The Bertz CT molecular complexity index is 615. The fourth-order valence-corrected chi connectivity index (χ4v) is 7.06. The maximum atomic E-state index is 11.7. The molecule has 0 heterocycles. The fourth-order valence-electron chi connectivity index (χ4n) is 7.06. The van der Waals surface area contributed by atoms with Crippen LogP contribution in [0.15, 0.2) is 48.6 Å². The first kappa shape index (κ1) is 12.3. The van der Waals surface area contributed by atoms with E-state index in [1.807, 2.05) is 0 Å². The zero-order chi connectivity index (χ0) is 14.7. The molecule has 0 aliphatic heterocycles. The van der Waals surface area contributed by atoms with Crippen LogP contribution in [0.25, 0.3) is 0 Å².